The molecule has 14 heavy (non-hydrogen) atoms. The lowest BCUT2D eigenvalue weighted by Gasteiger charge is -1.97. The maximum Gasteiger partial charge on any atom is 0.307 e. The van der Waals surface area contributed by atoms with E-state index in [0.717, 1.165) is 0 Å². The zero-order valence-corrected chi connectivity index (χ0v) is 8.07. The monoisotopic (exact) mass is 191 g/mol. The third-order valence-electron chi connectivity index (χ3n) is 2.46. The topological polar surface area (TPSA) is 48.2 Å². The summed E-state index contributed by atoms with van der Waals surface area (Å²) in [6, 6.07) is 10.7. The Kier molecular flexibility index (Phi) is 2.50. The summed E-state index contributed by atoms with van der Waals surface area (Å²) in [7, 11) is 1.42. The van der Waals surface area contributed by atoms with Gasteiger partial charge in [-0.15, -0.1) is 0 Å². The Balaban J connectivity index is 1.91. The molecule has 1 saturated heterocycles. The molecule has 0 unspecified atom stereocenters. The van der Waals surface area contributed by atoms with Crippen LogP contribution in [0.4, 0.5) is 0 Å². The van der Waals surface area contributed by atoms with Gasteiger partial charge in [0, 0.05) is 12.1 Å². The lowest BCUT2D eigenvalue weighted by molar-refractivity contribution is -0.140. The Morgan fingerprint density at radius 2 is 2.14 bits per heavy atom. The molecule has 1 heterocycles. The van der Waals surface area contributed by atoms with E-state index < -0.39 is 0 Å². The Morgan fingerprint density at radius 3 is 2.79 bits per heavy atom. The van der Waals surface area contributed by atoms with E-state index in [1.165, 1.54) is 12.7 Å². The zero-order valence-electron chi connectivity index (χ0n) is 8.07. The molecule has 3 nitrogen and oxygen atoms in total. The second-order valence-corrected chi connectivity index (χ2v) is 3.44. The molecule has 1 aliphatic rings. The van der Waals surface area contributed by atoms with Crippen molar-refractivity contribution >= 4 is 5.97 Å². The van der Waals surface area contributed by atoms with Crippen LogP contribution in [0.5, 0.6) is 0 Å². The fraction of sp³-hybridized carbons (Fsp3) is 0.364. The van der Waals surface area contributed by atoms with E-state index >= 15 is 0 Å². The van der Waals surface area contributed by atoms with Crippen molar-refractivity contribution in [2.24, 2.45) is 0 Å². The highest BCUT2D eigenvalue weighted by atomic mass is 16.5. The molecule has 2 rings (SSSR count). The van der Waals surface area contributed by atoms with Crippen molar-refractivity contribution in [3.63, 3.8) is 0 Å². The third kappa shape index (κ3) is 1.93. The molecule has 2 atom stereocenters. The number of hydrogen-bond acceptors (Lipinski definition) is 3. The van der Waals surface area contributed by atoms with Gasteiger partial charge in [0.05, 0.1) is 13.5 Å². The van der Waals surface area contributed by atoms with Crippen LogP contribution in [0.2, 0.25) is 0 Å². The molecule has 0 amide bonds. The van der Waals surface area contributed by atoms with Gasteiger partial charge in [-0.1, -0.05) is 30.3 Å². The summed E-state index contributed by atoms with van der Waals surface area (Å²) < 4.78 is 4.61. The van der Waals surface area contributed by atoms with Crippen molar-refractivity contribution in [2.45, 2.75) is 18.5 Å². The number of benzene rings is 1. The Morgan fingerprint density at radius 1 is 1.43 bits per heavy atom. The van der Waals surface area contributed by atoms with E-state index in [1.54, 1.807) is 0 Å². The van der Waals surface area contributed by atoms with E-state index in [0.29, 0.717) is 12.5 Å². The van der Waals surface area contributed by atoms with Crippen LogP contribution in [0.25, 0.3) is 0 Å². The van der Waals surface area contributed by atoms with Crippen LogP contribution in [-0.2, 0) is 9.53 Å². The number of carbonyl (C=O) groups excluding carboxylic acids is 1. The van der Waals surface area contributed by atoms with Gasteiger partial charge in [0.15, 0.2) is 0 Å². The predicted molar refractivity (Wildman–Crippen MR) is 52.7 cm³/mol. The Hall–Kier alpha value is -1.35. The molecule has 0 bridgehead atoms. The summed E-state index contributed by atoms with van der Waals surface area (Å²) in [5.41, 5.74) is 1.24. The maximum absolute atomic E-state index is 11.0. The van der Waals surface area contributed by atoms with Crippen molar-refractivity contribution in [3.8, 4) is 0 Å². The number of hydrogen-bond donors (Lipinski definition) is 1. The van der Waals surface area contributed by atoms with Gasteiger partial charge in [-0.2, -0.15) is 0 Å². The third-order valence-corrected chi connectivity index (χ3v) is 2.46. The summed E-state index contributed by atoms with van der Waals surface area (Å²) in [4.78, 5) is 11.0. The number of esters is 1. The lowest BCUT2D eigenvalue weighted by Crippen LogP contribution is -2.05. The fourth-order valence-corrected chi connectivity index (χ4v) is 1.60. The van der Waals surface area contributed by atoms with Crippen LogP contribution < -0.4 is 5.32 Å². The van der Waals surface area contributed by atoms with Gasteiger partial charge in [-0.05, 0) is 5.56 Å². The van der Waals surface area contributed by atoms with Crippen LogP contribution in [0, 0.1) is 0 Å². The zero-order chi connectivity index (χ0) is 9.97. The molecule has 1 aliphatic heterocycles. The van der Waals surface area contributed by atoms with Crippen molar-refractivity contribution in [3.05, 3.63) is 35.9 Å². The number of nitrogens with one attached hydrogen (secondary N) is 1. The standard InChI is InChI=1S/C11H13NO2/c1-14-10(13)7-9-11(12-9)8-5-3-2-4-6-8/h2-6,9,11-12H,7H2,1H3/t9-,11+/m0/s1. The van der Waals surface area contributed by atoms with Gasteiger partial charge in [0.1, 0.15) is 0 Å². The molecule has 0 saturated carbocycles. The summed E-state index contributed by atoms with van der Waals surface area (Å²) in [6.07, 6.45) is 0.454. The van der Waals surface area contributed by atoms with E-state index in [2.05, 4.69) is 22.2 Å². The quantitative estimate of drug-likeness (QED) is 0.578. The van der Waals surface area contributed by atoms with Crippen molar-refractivity contribution < 1.29 is 9.53 Å². The predicted octanol–water partition coefficient (Wildman–Crippen LogP) is 1.26. The highest BCUT2D eigenvalue weighted by Crippen LogP contribution is 2.31. The van der Waals surface area contributed by atoms with Crippen LogP contribution in [0.1, 0.15) is 18.0 Å². The largest absolute Gasteiger partial charge is 0.469 e. The van der Waals surface area contributed by atoms with Crippen molar-refractivity contribution in [1.82, 2.24) is 5.32 Å². The molecular formula is C11H13NO2. The molecule has 0 aliphatic carbocycles. The normalized spacial score (nSPS) is 24.4. The van der Waals surface area contributed by atoms with Gasteiger partial charge in [-0.3, -0.25) is 4.79 Å². The van der Waals surface area contributed by atoms with Gasteiger partial charge in [0.2, 0.25) is 0 Å². The minimum Gasteiger partial charge on any atom is -0.469 e. The Bertz CT molecular complexity index is 323. The minimum absolute atomic E-state index is 0.152. The molecule has 1 fully saturated rings. The second kappa shape index (κ2) is 3.80. The number of ether oxygens (including phenoxy) is 1. The molecule has 0 aromatic heterocycles. The first-order valence-electron chi connectivity index (χ1n) is 4.69. The fourth-order valence-electron chi connectivity index (χ4n) is 1.60. The van der Waals surface area contributed by atoms with Gasteiger partial charge in [-0.25, -0.2) is 0 Å². The Labute approximate surface area is 83.1 Å². The number of rotatable bonds is 3. The molecule has 74 valence electrons. The summed E-state index contributed by atoms with van der Waals surface area (Å²) in [5, 5.41) is 3.25. The SMILES string of the molecule is COC(=O)C[C@@H]1N[C@@H]1c1ccccc1. The molecule has 1 aromatic rings. The number of carbonyl (C=O) groups is 1. The van der Waals surface area contributed by atoms with Crippen LogP contribution >= 0.6 is 0 Å². The van der Waals surface area contributed by atoms with Crippen molar-refractivity contribution in [2.75, 3.05) is 7.11 Å². The van der Waals surface area contributed by atoms with Crippen LogP contribution in [-0.4, -0.2) is 19.1 Å². The van der Waals surface area contributed by atoms with Gasteiger partial charge >= 0.3 is 5.97 Å². The van der Waals surface area contributed by atoms with Crippen LogP contribution in [0.15, 0.2) is 30.3 Å². The highest BCUT2D eigenvalue weighted by molar-refractivity contribution is 5.70. The van der Waals surface area contributed by atoms with E-state index in [4.69, 9.17) is 0 Å². The highest BCUT2D eigenvalue weighted by Gasteiger charge is 2.38. The van der Waals surface area contributed by atoms with E-state index in [9.17, 15) is 4.79 Å². The lowest BCUT2D eigenvalue weighted by atomic mass is 10.1. The van der Waals surface area contributed by atoms with Gasteiger partial charge < -0.3 is 10.1 Å². The first kappa shape index (κ1) is 9.21. The maximum atomic E-state index is 11.0. The molecule has 1 aromatic carbocycles. The molecular weight excluding hydrogens is 178 g/mol. The molecule has 0 spiro atoms. The first-order chi connectivity index (χ1) is 6.81. The summed E-state index contributed by atoms with van der Waals surface area (Å²) in [5.74, 6) is -0.152. The summed E-state index contributed by atoms with van der Waals surface area (Å²) >= 11 is 0. The number of methoxy groups -OCH3 is 1. The molecule has 3 heteroatoms. The average Bonchev–Trinajstić information content (AvgIpc) is 2.98. The average molecular weight is 191 g/mol. The minimum atomic E-state index is -0.152. The molecule has 0 radical (unpaired) electrons. The van der Waals surface area contributed by atoms with Crippen LogP contribution in [0.3, 0.4) is 0 Å². The molecule has 1 N–H and O–H groups in total. The second-order valence-electron chi connectivity index (χ2n) is 3.44. The smallest absolute Gasteiger partial charge is 0.307 e. The summed E-state index contributed by atoms with van der Waals surface area (Å²) in [6.45, 7) is 0. The van der Waals surface area contributed by atoms with E-state index in [1.807, 2.05) is 18.2 Å². The van der Waals surface area contributed by atoms with E-state index in [-0.39, 0.29) is 12.0 Å². The van der Waals surface area contributed by atoms with Gasteiger partial charge in [0.25, 0.3) is 0 Å². The first-order valence-corrected chi connectivity index (χ1v) is 4.69. The van der Waals surface area contributed by atoms with Crippen molar-refractivity contribution in [1.29, 1.82) is 0 Å².